The van der Waals surface area contributed by atoms with Gasteiger partial charge in [0.25, 0.3) is 0 Å². The van der Waals surface area contributed by atoms with Crippen molar-refractivity contribution in [3.8, 4) is 0 Å². The Kier molecular flexibility index (Phi) is 3.19. The zero-order chi connectivity index (χ0) is 9.10. The van der Waals surface area contributed by atoms with E-state index in [9.17, 15) is 5.11 Å². The second-order valence-corrected chi connectivity index (χ2v) is 4.17. The summed E-state index contributed by atoms with van der Waals surface area (Å²) in [5.74, 6) is 0. The normalized spacial score (nSPS) is 35.8. The summed E-state index contributed by atoms with van der Waals surface area (Å²) in [6, 6.07) is 0. The van der Waals surface area contributed by atoms with E-state index in [1.807, 2.05) is 0 Å². The maximum absolute atomic E-state index is 9.32. The molecule has 1 N–H and O–H groups in total. The lowest BCUT2D eigenvalue weighted by Gasteiger charge is -2.17. The summed E-state index contributed by atoms with van der Waals surface area (Å²) in [5, 5.41) is 9.32. The molecule has 2 rings (SSSR count). The zero-order valence-electron chi connectivity index (χ0n) is 8.11. The summed E-state index contributed by atoms with van der Waals surface area (Å²) in [6.45, 7) is 3.98. The molecule has 2 fully saturated rings. The highest BCUT2D eigenvalue weighted by molar-refractivity contribution is 4.76. The Labute approximate surface area is 79.7 Å². The van der Waals surface area contributed by atoms with Crippen molar-refractivity contribution in [2.45, 2.75) is 37.9 Å². The molecule has 2 aliphatic heterocycles. The van der Waals surface area contributed by atoms with Crippen molar-refractivity contribution in [2.24, 2.45) is 0 Å². The first-order valence-electron chi connectivity index (χ1n) is 5.36. The number of hydrogen-bond donors (Lipinski definition) is 1. The molecule has 0 bridgehead atoms. The molecule has 2 heterocycles. The van der Waals surface area contributed by atoms with Crippen LogP contribution in [0.1, 0.15) is 25.7 Å². The summed E-state index contributed by atoms with van der Waals surface area (Å²) in [4.78, 5) is 2.34. The van der Waals surface area contributed by atoms with Crippen molar-refractivity contribution >= 4 is 0 Å². The number of nitrogens with zero attached hydrogens (tertiary/aromatic N) is 1. The molecule has 2 saturated heterocycles. The fraction of sp³-hybridized carbons (Fsp3) is 1.00. The van der Waals surface area contributed by atoms with Crippen molar-refractivity contribution in [3.05, 3.63) is 0 Å². The van der Waals surface area contributed by atoms with Gasteiger partial charge in [-0.25, -0.2) is 0 Å². The molecular weight excluding hydrogens is 166 g/mol. The molecule has 76 valence electrons. The van der Waals surface area contributed by atoms with Crippen LogP contribution in [0.25, 0.3) is 0 Å². The monoisotopic (exact) mass is 185 g/mol. The SMILES string of the molecule is O[C@@H]1CCN(CCC2CCCO2)C1. The molecule has 0 amide bonds. The van der Waals surface area contributed by atoms with E-state index in [4.69, 9.17) is 4.74 Å². The predicted molar refractivity (Wildman–Crippen MR) is 50.7 cm³/mol. The first-order chi connectivity index (χ1) is 6.34. The van der Waals surface area contributed by atoms with Gasteiger partial charge in [-0.05, 0) is 25.7 Å². The molecule has 1 unspecified atom stereocenters. The van der Waals surface area contributed by atoms with Crippen LogP contribution in [0, 0.1) is 0 Å². The third-order valence-corrected chi connectivity index (χ3v) is 3.04. The fourth-order valence-corrected chi connectivity index (χ4v) is 2.21. The largest absolute Gasteiger partial charge is 0.392 e. The first kappa shape index (κ1) is 9.44. The van der Waals surface area contributed by atoms with Crippen LogP contribution in [-0.2, 0) is 4.74 Å². The molecule has 13 heavy (non-hydrogen) atoms. The Bertz CT molecular complexity index is 157. The van der Waals surface area contributed by atoms with Crippen LogP contribution in [0.5, 0.6) is 0 Å². The van der Waals surface area contributed by atoms with Gasteiger partial charge in [0.1, 0.15) is 0 Å². The molecule has 0 radical (unpaired) electrons. The van der Waals surface area contributed by atoms with E-state index < -0.39 is 0 Å². The van der Waals surface area contributed by atoms with Crippen LogP contribution in [0.15, 0.2) is 0 Å². The summed E-state index contributed by atoms with van der Waals surface area (Å²) < 4.78 is 5.55. The Balaban J connectivity index is 1.62. The molecule has 0 aromatic carbocycles. The van der Waals surface area contributed by atoms with Crippen LogP contribution in [0.2, 0.25) is 0 Å². The number of β-amino-alcohol motifs (C(OH)–C–C–N with tert-alkyl or cyclic N) is 1. The van der Waals surface area contributed by atoms with Crippen molar-refractivity contribution in [1.29, 1.82) is 0 Å². The van der Waals surface area contributed by atoms with Crippen LogP contribution in [0.3, 0.4) is 0 Å². The quantitative estimate of drug-likeness (QED) is 0.699. The molecule has 3 heteroatoms. The smallest absolute Gasteiger partial charge is 0.0679 e. The summed E-state index contributed by atoms with van der Waals surface area (Å²) in [7, 11) is 0. The van der Waals surface area contributed by atoms with E-state index in [0.717, 1.165) is 39.1 Å². The van der Waals surface area contributed by atoms with E-state index in [2.05, 4.69) is 4.90 Å². The summed E-state index contributed by atoms with van der Waals surface area (Å²) in [5.41, 5.74) is 0. The Morgan fingerprint density at radius 1 is 1.38 bits per heavy atom. The van der Waals surface area contributed by atoms with Crippen LogP contribution in [-0.4, -0.2) is 48.5 Å². The topological polar surface area (TPSA) is 32.7 Å². The van der Waals surface area contributed by atoms with Crippen LogP contribution < -0.4 is 0 Å². The average Bonchev–Trinajstić information content (AvgIpc) is 2.71. The van der Waals surface area contributed by atoms with Gasteiger partial charge in [-0.1, -0.05) is 0 Å². The minimum Gasteiger partial charge on any atom is -0.392 e. The van der Waals surface area contributed by atoms with Gasteiger partial charge in [0.05, 0.1) is 12.2 Å². The highest BCUT2D eigenvalue weighted by Crippen LogP contribution is 2.17. The summed E-state index contributed by atoms with van der Waals surface area (Å²) in [6.07, 6.45) is 4.98. The average molecular weight is 185 g/mol. The number of rotatable bonds is 3. The van der Waals surface area contributed by atoms with Gasteiger partial charge in [0.15, 0.2) is 0 Å². The molecule has 0 aromatic rings. The lowest BCUT2D eigenvalue weighted by Crippen LogP contribution is -2.26. The maximum atomic E-state index is 9.32. The van der Waals surface area contributed by atoms with Gasteiger partial charge in [-0.15, -0.1) is 0 Å². The van der Waals surface area contributed by atoms with E-state index in [1.165, 1.54) is 12.8 Å². The summed E-state index contributed by atoms with van der Waals surface area (Å²) >= 11 is 0. The molecule has 0 aliphatic carbocycles. The maximum Gasteiger partial charge on any atom is 0.0679 e. The van der Waals surface area contributed by atoms with Gasteiger partial charge in [0, 0.05) is 26.2 Å². The number of ether oxygens (including phenoxy) is 1. The molecule has 0 aromatic heterocycles. The van der Waals surface area contributed by atoms with Gasteiger partial charge >= 0.3 is 0 Å². The molecule has 2 atom stereocenters. The first-order valence-corrected chi connectivity index (χ1v) is 5.36. The Morgan fingerprint density at radius 2 is 2.31 bits per heavy atom. The van der Waals surface area contributed by atoms with Crippen molar-refractivity contribution in [1.82, 2.24) is 4.90 Å². The lowest BCUT2D eigenvalue weighted by molar-refractivity contribution is 0.0924. The van der Waals surface area contributed by atoms with E-state index >= 15 is 0 Å². The van der Waals surface area contributed by atoms with Gasteiger partial charge in [0.2, 0.25) is 0 Å². The predicted octanol–water partition coefficient (Wildman–Crippen LogP) is 0.622. The highest BCUT2D eigenvalue weighted by Gasteiger charge is 2.22. The minimum absolute atomic E-state index is 0.0792. The molecule has 0 saturated carbocycles. The minimum atomic E-state index is -0.0792. The van der Waals surface area contributed by atoms with Crippen molar-refractivity contribution < 1.29 is 9.84 Å². The Hall–Kier alpha value is -0.120. The number of hydrogen-bond acceptors (Lipinski definition) is 3. The standard InChI is InChI=1S/C10H19NO2/c12-9-3-5-11(8-9)6-4-10-2-1-7-13-10/h9-10,12H,1-8H2/t9-,10?/m1/s1. The number of likely N-dealkylation sites (tertiary alicyclic amines) is 1. The third-order valence-electron chi connectivity index (χ3n) is 3.04. The van der Waals surface area contributed by atoms with E-state index in [0.29, 0.717) is 6.10 Å². The van der Waals surface area contributed by atoms with Gasteiger partial charge < -0.3 is 14.7 Å². The zero-order valence-corrected chi connectivity index (χ0v) is 8.11. The van der Waals surface area contributed by atoms with Gasteiger partial charge in [-0.3, -0.25) is 0 Å². The molecule has 3 nitrogen and oxygen atoms in total. The fourth-order valence-electron chi connectivity index (χ4n) is 2.21. The second-order valence-electron chi connectivity index (χ2n) is 4.17. The molecule has 2 aliphatic rings. The molecule has 0 spiro atoms. The van der Waals surface area contributed by atoms with Crippen LogP contribution in [0.4, 0.5) is 0 Å². The number of aliphatic hydroxyl groups excluding tert-OH is 1. The van der Waals surface area contributed by atoms with Crippen molar-refractivity contribution in [3.63, 3.8) is 0 Å². The highest BCUT2D eigenvalue weighted by atomic mass is 16.5. The van der Waals surface area contributed by atoms with Crippen molar-refractivity contribution in [2.75, 3.05) is 26.2 Å². The van der Waals surface area contributed by atoms with E-state index in [1.54, 1.807) is 0 Å². The Morgan fingerprint density at radius 3 is 2.92 bits per heavy atom. The lowest BCUT2D eigenvalue weighted by atomic mass is 10.2. The third kappa shape index (κ3) is 2.66. The second kappa shape index (κ2) is 4.40. The van der Waals surface area contributed by atoms with Crippen LogP contribution >= 0.6 is 0 Å². The number of aliphatic hydroxyl groups is 1. The van der Waals surface area contributed by atoms with E-state index in [-0.39, 0.29) is 6.10 Å². The van der Waals surface area contributed by atoms with Gasteiger partial charge in [-0.2, -0.15) is 0 Å². The molecular formula is C10H19NO2.